The van der Waals surface area contributed by atoms with Crippen molar-refractivity contribution in [2.24, 2.45) is 5.92 Å². The molecule has 1 N–H and O–H groups in total. The summed E-state index contributed by atoms with van der Waals surface area (Å²) in [7, 11) is 2.37. The molecule has 3 fully saturated rings. The summed E-state index contributed by atoms with van der Waals surface area (Å²) < 4.78 is 0. The Morgan fingerprint density at radius 2 is 1.76 bits per heavy atom. The fraction of sp³-hybridized carbons (Fsp3) is 1.00. The van der Waals surface area contributed by atoms with Crippen molar-refractivity contribution in [1.82, 2.24) is 15.1 Å². The number of hydrogen-bond donors (Lipinski definition) is 1. The summed E-state index contributed by atoms with van der Waals surface area (Å²) in [5.41, 5.74) is 0. The van der Waals surface area contributed by atoms with E-state index in [4.69, 9.17) is 0 Å². The van der Waals surface area contributed by atoms with Crippen LogP contribution >= 0.6 is 0 Å². The zero-order valence-corrected chi connectivity index (χ0v) is 14.4. The van der Waals surface area contributed by atoms with E-state index in [1.54, 1.807) is 0 Å². The Kier molecular flexibility index (Phi) is 5.23. The molecular formula is C18H35N3. The van der Waals surface area contributed by atoms with Gasteiger partial charge in [-0.05, 0) is 64.6 Å². The van der Waals surface area contributed by atoms with Gasteiger partial charge < -0.3 is 10.2 Å². The predicted molar refractivity (Wildman–Crippen MR) is 89.6 cm³/mol. The van der Waals surface area contributed by atoms with Crippen molar-refractivity contribution in [3.05, 3.63) is 0 Å². The van der Waals surface area contributed by atoms with E-state index in [1.807, 2.05) is 0 Å². The van der Waals surface area contributed by atoms with Gasteiger partial charge >= 0.3 is 0 Å². The van der Waals surface area contributed by atoms with E-state index in [0.717, 1.165) is 30.1 Å². The van der Waals surface area contributed by atoms with Crippen LogP contribution in [-0.2, 0) is 0 Å². The maximum Gasteiger partial charge on any atom is 0.0125 e. The minimum Gasteiger partial charge on any atom is -0.314 e. The minimum atomic E-state index is 0.756. The molecule has 3 heteroatoms. The van der Waals surface area contributed by atoms with Gasteiger partial charge in [0.2, 0.25) is 0 Å². The topological polar surface area (TPSA) is 18.5 Å². The highest BCUT2D eigenvalue weighted by molar-refractivity contribution is 4.96. The summed E-state index contributed by atoms with van der Waals surface area (Å²) in [4.78, 5) is 5.53. The SMILES string of the molecule is CCCNC1CCN(C2CC3CCCC(C2)N3C)CC1C. The normalized spacial score (nSPS) is 42.1. The summed E-state index contributed by atoms with van der Waals surface area (Å²) in [6, 6.07) is 3.36. The molecule has 0 aliphatic carbocycles. The molecule has 0 spiro atoms. The van der Waals surface area contributed by atoms with E-state index in [1.165, 1.54) is 64.6 Å². The Balaban J connectivity index is 1.54. The molecule has 4 atom stereocenters. The quantitative estimate of drug-likeness (QED) is 0.860. The number of nitrogens with zero attached hydrogens (tertiary/aromatic N) is 2. The molecular weight excluding hydrogens is 258 g/mol. The second-order valence-corrected chi connectivity index (χ2v) is 7.85. The summed E-state index contributed by atoms with van der Waals surface area (Å²) in [5, 5.41) is 3.76. The number of likely N-dealkylation sites (tertiary alicyclic amines) is 1. The Morgan fingerprint density at radius 3 is 2.38 bits per heavy atom. The fourth-order valence-electron chi connectivity index (χ4n) is 5.03. The molecule has 0 amide bonds. The Morgan fingerprint density at radius 1 is 1.05 bits per heavy atom. The molecule has 0 saturated carbocycles. The van der Waals surface area contributed by atoms with Gasteiger partial charge in [0.25, 0.3) is 0 Å². The van der Waals surface area contributed by atoms with Gasteiger partial charge in [0.05, 0.1) is 0 Å². The first kappa shape index (κ1) is 15.8. The zero-order valence-electron chi connectivity index (χ0n) is 14.4. The lowest BCUT2D eigenvalue weighted by atomic mass is 9.80. The third kappa shape index (κ3) is 3.46. The van der Waals surface area contributed by atoms with Crippen LogP contribution < -0.4 is 5.32 Å². The number of nitrogens with one attached hydrogen (secondary N) is 1. The molecule has 2 bridgehead atoms. The maximum atomic E-state index is 3.76. The molecule has 3 heterocycles. The molecule has 3 rings (SSSR count). The monoisotopic (exact) mass is 293 g/mol. The van der Waals surface area contributed by atoms with Gasteiger partial charge in [-0.2, -0.15) is 0 Å². The number of piperidine rings is 3. The second kappa shape index (κ2) is 6.97. The lowest BCUT2D eigenvalue weighted by molar-refractivity contribution is -0.00726. The van der Waals surface area contributed by atoms with Gasteiger partial charge in [-0.25, -0.2) is 0 Å². The molecule has 0 aromatic rings. The van der Waals surface area contributed by atoms with Crippen molar-refractivity contribution in [3.63, 3.8) is 0 Å². The molecule has 3 saturated heterocycles. The van der Waals surface area contributed by atoms with Gasteiger partial charge in [0, 0.05) is 30.7 Å². The zero-order chi connectivity index (χ0) is 14.8. The highest BCUT2D eigenvalue weighted by Crippen LogP contribution is 2.36. The lowest BCUT2D eigenvalue weighted by Crippen LogP contribution is -2.58. The van der Waals surface area contributed by atoms with Gasteiger partial charge in [0.15, 0.2) is 0 Å². The first-order chi connectivity index (χ1) is 10.2. The van der Waals surface area contributed by atoms with Crippen LogP contribution in [0.1, 0.15) is 58.8 Å². The Hall–Kier alpha value is -0.120. The Labute approximate surface area is 131 Å². The van der Waals surface area contributed by atoms with E-state index in [2.05, 4.69) is 36.0 Å². The number of fused-ring (bicyclic) bond motifs is 2. The third-order valence-electron chi connectivity index (χ3n) is 6.42. The van der Waals surface area contributed by atoms with Crippen molar-refractivity contribution in [1.29, 1.82) is 0 Å². The summed E-state index contributed by atoms with van der Waals surface area (Å²) in [6.07, 6.45) is 9.79. The summed E-state index contributed by atoms with van der Waals surface area (Å²) in [5.74, 6) is 0.810. The van der Waals surface area contributed by atoms with Crippen LogP contribution in [0.25, 0.3) is 0 Å². The van der Waals surface area contributed by atoms with Crippen LogP contribution in [0.3, 0.4) is 0 Å². The molecule has 0 radical (unpaired) electrons. The van der Waals surface area contributed by atoms with Gasteiger partial charge in [0.1, 0.15) is 0 Å². The molecule has 4 unspecified atom stereocenters. The van der Waals surface area contributed by atoms with Crippen LogP contribution in [-0.4, -0.2) is 60.6 Å². The van der Waals surface area contributed by atoms with Crippen molar-refractivity contribution >= 4 is 0 Å². The minimum absolute atomic E-state index is 0.756. The van der Waals surface area contributed by atoms with Gasteiger partial charge in [-0.1, -0.05) is 20.3 Å². The predicted octanol–water partition coefficient (Wildman–Crippen LogP) is 2.71. The van der Waals surface area contributed by atoms with Gasteiger partial charge in [-0.3, -0.25) is 4.90 Å². The van der Waals surface area contributed by atoms with E-state index in [9.17, 15) is 0 Å². The molecule has 21 heavy (non-hydrogen) atoms. The average molecular weight is 293 g/mol. The van der Waals surface area contributed by atoms with Crippen molar-refractivity contribution < 1.29 is 0 Å². The third-order valence-corrected chi connectivity index (χ3v) is 6.42. The lowest BCUT2D eigenvalue weighted by Gasteiger charge is -2.51. The van der Waals surface area contributed by atoms with Crippen molar-refractivity contribution in [3.8, 4) is 0 Å². The summed E-state index contributed by atoms with van der Waals surface area (Å²) >= 11 is 0. The first-order valence-corrected chi connectivity index (χ1v) is 9.38. The fourth-order valence-corrected chi connectivity index (χ4v) is 5.03. The van der Waals surface area contributed by atoms with Crippen molar-refractivity contribution in [2.75, 3.05) is 26.7 Å². The molecule has 0 aromatic carbocycles. The van der Waals surface area contributed by atoms with Crippen LogP contribution in [0.4, 0.5) is 0 Å². The molecule has 122 valence electrons. The van der Waals surface area contributed by atoms with E-state index in [-0.39, 0.29) is 0 Å². The second-order valence-electron chi connectivity index (χ2n) is 7.85. The number of hydrogen-bond acceptors (Lipinski definition) is 3. The maximum absolute atomic E-state index is 3.76. The summed E-state index contributed by atoms with van der Waals surface area (Å²) in [6.45, 7) is 8.54. The van der Waals surface area contributed by atoms with E-state index in [0.29, 0.717) is 0 Å². The molecule has 3 nitrogen and oxygen atoms in total. The van der Waals surface area contributed by atoms with Crippen LogP contribution in [0.2, 0.25) is 0 Å². The molecule has 3 aliphatic heterocycles. The number of rotatable bonds is 4. The van der Waals surface area contributed by atoms with Crippen LogP contribution in [0.15, 0.2) is 0 Å². The molecule has 0 aromatic heterocycles. The standard InChI is InChI=1S/C18H35N3/c1-4-9-19-18-8-10-21(13-14(18)2)17-11-15-6-5-7-16(12-17)20(15)3/h14-19H,4-13H2,1-3H3. The largest absolute Gasteiger partial charge is 0.314 e. The highest BCUT2D eigenvalue weighted by atomic mass is 15.2. The van der Waals surface area contributed by atoms with Crippen LogP contribution in [0.5, 0.6) is 0 Å². The van der Waals surface area contributed by atoms with Crippen molar-refractivity contribution in [2.45, 2.75) is 83.0 Å². The highest BCUT2D eigenvalue weighted by Gasteiger charge is 2.39. The van der Waals surface area contributed by atoms with Crippen LogP contribution in [0, 0.1) is 5.92 Å². The first-order valence-electron chi connectivity index (χ1n) is 9.38. The average Bonchev–Trinajstić information content (AvgIpc) is 2.45. The Bertz CT molecular complexity index is 318. The van der Waals surface area contributed by atoms with Gasteiger partial charge in [-0.15, -0.1) is 0 Å². The molecule has 3 aliphatic rings. The van der Waals surface area contributed by atoms with E-state index < -0.39 is 0 Å². The van der Waals surface area contributed by atoms with E-state index >= 15 is 0 Å². The smallest absolute Gasteiger partial charge is 0.0125 e.